The maximum absolute atomic E-state index is 12.4. The molecule has 3 rings (SSSR count). The molecule has 27 heavy (non-hydrogen) atoms. The summed E-state index contributed by atoms with van der Waals surface area (Å²) in [5.41, 5.74) is 1.45. The molecule has 0 saturated heterocycles. The van der Waals surface area contributed by atoms with Gasteiger partial charge in [0.1, 0.15) is 0 Å². The molecule has 0 aliphatic rings. The van der Waals surface area contributed by atoms with Gasteiger partial charge in [0.25, 0.3) is 0 Å². The Kier molecular flexibility index (Phi) is 5.76. The lowest BCUT2D eigenvalue weighted by Crippen LogP contribution is -2.06. The summed E-state index contributed by atoms with van der Waals surface area (Å²) in [5.74, 6) is 0.878. The fourth-order valence-corrected chi connectivity index (χ4v) is 4.11. The number of carbonyl (C=O) groups excluding carboxylic acids is 1. The standard InChI is InChI=1S/C19H19N3O3S2/c1-3-22-18(15-7-5-4-6-8-15)20-21-19(22)26-13-17(23)14-9-11-16(12-10-14)27(2,24)25/h4-12H,3,13H2,1-2H3. The van der Waals surface area contributed by atoms with Gasteiger partial charge in [0.2, 0.25) is 0 Å². The minimum atomic E-state index is -3.27. The topological polar surface area (TPSA) is 81.9 Å². The van der Waals surface area contributed by atoms with Crippen LogP contribution in [0, 0.1) is 0 Å². The second-order valence-electron chi connectivity index (χ2n) is 5.92. The molecule has 0 spiro atoms. The average molecular weight is 402 g/mol. The largest absolute Gasteiger partial charge is 0.302 e. The molecule has 0 fully saturated rings. The van der Waals surface area contributed by atoms with E-state index in [1.54, 1.807) is 12.1 Å². The van der Waals surface area contributed by atoms with E-state index in [1.807, 2.05) is 41.8 Å². The molecule has 3 aromatic rings. The van der Waals surface area contributed by atoms with Gasteiger partial charge < -0.3 is 4.57 Å². The van der Waals surface area contributed by atoms with Crippen molar-refractivity contribution in [3.05, 3.63) is 60.2 Å². The van der Waals surface area contributed by atoms with E-state index in [4.69, 9.17) is 0 Å². The van der Waals surface area contributed by atoms with Gasteiger partial charge in [-0.3, -0.25) is 4.79 Å². The van der Waals surface area contributed by atoms with Crippen molar-refractivity contribution in [1.29, 1.82) is 0 Å². The molecule has 0 amide bonds. The van der Waals surface area contributed by atoms with Crippen molar-refractivity contribution in [3.63, 3.8) is 0 Å². The van der Waals surface area contributed by atoms with Gasteiger partial charge >= 0.3 is 0 Å². The van der Waals surface area contributed by atoms with Crippen molar-refractivity contribution in [2.75, 3.05) is 12.0 Å². The number of Topliss-reactive ketones (excluding diaryl/α,β-unsaturated/α-hetero) is 1. The summed E-state index contributed by atoms with van der Waals surface area (Å²) in [7, 11) is -3.27. The van der Waals surface area contributed by atoms with E-state index in [0.29, 0.717) is 17.3 Å². The van der Waals surface area contributed by atoms with Gasteiger partial charge in [-0.05, 0) is 19.1 Å². The number of carbonyl (C=O) groups is 1. The zero-order chi connectivity index (χ0) is 19.4. The lowest BCUT2D eigenvalue weighted by molar-refractivity contribution is 0.102. The number of nitrogens with zero attached hydrogens (tertiary/aromatic N) is 3. The number of hydrogen-bond acceptors (Lipinski definition) is 6. The number of benzene rings is 2. The predicted octanol–water partition coefficient (Wildman–Crippen LogP) is 3.34. The summed E-state index contributed by atoms with van der Waals surface area (Å²) in [5, 5.41) is 9.16. The van der Waals surface area contributed by atoms with Crippen molar-refractivity contribution in [2.45, 2.75) is 23.5 Å². The van der Waals surface area contributed by atoms with E-state index in [0.717, 1.165) is 17.6 Å². The van der Waals surface area contributed by atoms with Crippen molar-refractivity contribution >= 4 is 27.4 Å². The first kappa shape index (κ1) is 19.3. The lowest BCUT2D eigenvalue weighted by Gasteiger charge is -2.07. The summed E-state index contributed by atoms with van der Waals surface area (Å²) in [6.45, 7) is 2.70. The molecule has 0 N–H and O–H groups in total. The average Bonchev–Trinajstić information content (AvgIpc) is 3.09. The molecule has 2 aromatic carbocycles. The summed E-state index contributed by atoms with van der Waals surface area (Å²) < 4.78 is 25.0. The van der Waals surface area contributed by atoms with Crippen LogP contribution in [0.1, 0.15) is 17.3 Å². The van der Waals surface area contributed by atoms with Crippen molar-refractivity contribution < 1.29 is 13.2 Å². The Morgan fingerprint density at radius 3 is 2.30 bits per heavy atom. The van der Waals surface area contributed by atoms with Gasteiger partial charge in [-0.1, -0.05) is 54.2 Å². The first-order chi connectivity index (χ1) is 12.9. The molecule has 8 heteroatoms. The van der Waals surface area contributed by atoms with Crippen LogP contribution in [0.25, 0.3) is 11.4 Å². The second kappa shape index (κ2) is 8.06. The van der Waals surface area contributed by atoms with Gasteiger partial charge in [-0.2, -0.15) is 0 Å². The molecule has 0 atom stereocenters. The molecule has 0 radical (unpaired) electrons. The number of sulfone groups is 1. The third-order valence-corrected chi connectivity index (χ3v) is 6.10. The van der Waals surface area contributed by atoms with Crippen LogP contribution in [0.15, 0.2) is 64.6 Å². The molecule has 0 unspecified atom stereocenters. The third-order valence-electron chi connectivity index (χ3n) is 4.00. The van der Waals surface area contributed by atoms with Gasteiger partial charge in [0.15, 0.2) is 26.6 Å². The molecule has 140 valence electrons. The minimum Gasteiger partial charge on any atom is -0.302 e. The van der Waals surface area contributed by atoms with Crippen LogP contribution in [0.5, 0.6) is 0 Å². The minimum absolute atomic E-state index is 0.0908. The molecule has 0 bridgehead atoms. The van der Waals surface area contributed by atoms with Crippen molar-refractivity contribution in [2.24, 2.45) is 0 Å². The normalized spacial score (nSPS) is 11.5. The van der Waals surface area contributed by atoms with Crippen LogP contribution in [0.3, 0.4) is 0 Å². The van der Waals surface area contributed by atoms with Crippen LogP contribution >= 0.6 is 11.8 Å². The predicted molar refractivity (Wildman–Crippen MR) is 106 cm³/mol. The second-order valence-corrected chi connectivity index (χ2v) is 8.88. The Bertz CT molecular complexity index is 1040. The Labute approximate surface area is 162 Å². The Morgan fingerprint density at radius 1 is 1.04 bits per heavy atom. The highest BCUT2D eigenvalue weighted by Crippen LogP contribution is 2.24. The lowest BCUT2D eigenvalue weighted by atomic mass is 10.1. The molecule has 0 aliphatic carbocycles. The van der Waals surface area contributed by atoms with Crippen LogP contribution in [-0.2, 0) is 16.4 Å². The van der Waals surface area contributed by atoms with Gasteiger partial charge in [0.05, 0.1) is 10.6 Å². The van der Waals surface area contributed by atoms with Crippen LogP contribution < -0.4 is 0 Å². The molecule has 1 aromatic heterocycles. The Balaban J connectivity index is 1.73. The fraction of sp³-hybridized carbons (Fsp3) is 0.211. The van der Waals surface area contributed by atoms with Crippen LogP contribution in [-0.4, -0.2) is 41.0 Å². The maximum Gasteiger partial charge on any atom is 0.191 e. The number of aromatic nitrogens is 3. The summed E-state index contributed by atoms with van der Waals surface area (Å²) >= 11 is 1.32. The maximum atomic E-state index is 12.4. The van der Waals surface area contributed by atoms with E-state index in [9.17, 15) is 13.2 Å². The molecular weight excluding hydrogens is 382 g/mol. The molecule has 0 aliphatic heterocycles. The van der Waals surface area contributed by atoms with Gasteiger partial charge in [0, 0.05) is 23.9 Å². The number of rotatable bonds is 7. The molecule has 6 nitrogen and oxygen atoms in total. The van der Waals surface area contributed by atoms with E-state index in [-0.39, 0.29) is 16.4 Å². The number of ketones is 1. The van der Waals surface area contributed by atoms with E-state index >= 15 is 0 Å². The van der Waals surface area contributed by atoms with Gasteiger partial charge in [-0.15, -0.1) is 10.2 Å². The zero-order valence-corrected chi connectivity index (χ0v) is 16.6. The summed E-state index contributed by atoms with van der Waals surface area (Å²) in [6, 6.07) is 15.8. The number of hydrogen-bond donors (Lipinski definition) is 0. The highest BCUT2D eigenvalue weighted by Gasteiger charge is 2.15. The van der Waals surface area contributed by atoms with E-state index in [2.05, 4.69) is 10.2 Å². The Morgan fingerprint density at radius 2 is 1.70 bits per heavy atom. The SMILES string of the molecule is CCn1c(SCC(=O)c2ccc(S(C)(=O)=O)cc2)nnc1-c1ccccc1. The highest BCUT2D eigenvalue weighted by molar-refractivity contribution is 7.99. The summed E-state index contributed by atoms with van der Waals surface area (Å²) in [6.07, 6.45) is 1.14. The van der Waals surface area contributed by atoms with Gasteiger partial charge in [-0.25, -0.2) is 8.42 Å². The highest BCUT2D eigenvalue weighted by atomic mass is 32.2. The Hall–Kier alpha value is -2.45. The number of thioether (sulfide) groups is 1. The van der Waals surface area contributed by atoms with E-state index in [1.165, 1.54) is 23.9 Å². The smallest absolute Gasteiger partial charge is 0.191 e. The zero-order valence-electron chi connectivity index (χ0n) is 15.0. The van der Waals surface area contributed by atoms with E-state index < -0.39 is 9.84 Å². The van der Waals surface area contributed by atoms with Crippen LogP contribution in [0.4, 0.5) is 0 Å². The third kappa shape index (κ3) is 4.45. The first-order valence-electron chi connectivity index (χ1n) is 8.35. The fourth-order valence-electron chi connectivity index (χ4n) is 2.58. The molecule has 0 saturated carbocycles. The molecular formula is C19H19N3O3S2. The van der Waals surface area contributed by atoms with Crippen LogP contribution in [0.2, 0.25) is 0 Å². The summed E-state index contributed by atoms with van der Waals surface area (Å²) in [4.78, 5) is 12.6. The van der Waals surface area contributed by atoms with Crippen molar-refractivity contribution in [1.82, 2.24) is 14.8 Å². The first-order valence-corrected chi connectivity index (χ1v) is 11.2. The quantitative estimate of drug-likeness (QED) is 0.446. The van der Waals surface area contributed by atoms with Crippen molar-refractivity contribution in [3.8, 4) is 11.4 Å². The molecule has 1 heterocycles. The monoisotopic (exact) mass is 401 g/mol.